The van der Waals surface area contributed by atoms with Gasteiger partial charge in [-0.05, 0) is 45.4 Å². The van der Waals surface area contributed by atoms with Crippen molar-refractivity contribution in [2.45, 2.75) is 57.3 Å². The second-order valence-electron chi connectivity index (χ2n) is 6.20. The van der Waals surface area contributed by atoms with Crippen LogP contribution < -0.4 is 4.74 Å². The Hall–Kier alpha value is -0.800. The molecular formula is C15H20ClFO2. The van der Waals surface area contributed by atoms with Crippen molar-refractivity contribution in [2.24, 2.45) is 0 Å². The third-order valence-electron chi connectivity index (χ3n) is 3.36. The van der Waals surface area contributed by atoms with Crippen molar-refractivity contribution in [3.05, 3.63) is 29.6 Å². The van der Waals surface area contributed by atoms with Crippen LogP contribution in [-0.4, -0.2) is 17.3 Å². The van der Waals surface area contributed by atoms with Gasteiger partial charge in [-0.15, -0.1) is 11.6 Å². The van der Waals surface area contributed by atoms with E-state index >= 15 is 0 Å². The second kappa shape index (κ2) is 4.95. The van der Waals surface area contributed by atoms with E-state index in [-0.39, 0.29) is 23.4 Å². The zero-order chi connectivity index (χ0) is 14.3. The van der Waals surface area contributed by atoms with Gasteiger partial charge < -0.3 is 9.47 Å². The summed E-state index contributed by atoms with van der Waals surface area (Å²) in [6.07, 6.45) is 0.666. The molecule has 0 bridgehead atoms. The Morgan fingerprint density at radius 3 is 2.53 bits per heavy atom. The molecule has 0 saturated carbocycles. The van der Waals surface area contributed by atoms with E-state index in [1.54, 1.807) is 6.07 Å². The molecule has 0 N–H and O–H groups in total. The van der Waals surface area contributed by atoms with E-state index in [4.69, 9.17) is 21.1 Å². The smallest absolute Gasteiger partial charge is 0.130 e. The first-order chi connectivity index (χ1) is 8.72. The van der Waals surface area contributed by atoms with Crippen molar-refractivity contribution in [1.82, 2.24) is 0 Å². The van der Waals surface area contributed by atoms with Crippen LogP contribution in [0.5, 0.6) is 5.75 Å². The molecule has 1 aliphatic rings. The van der Waals surface area contributed by atoms with Crippen LogP contribution in [0, 0.1) is 5.82 Å². The third-order valence-corrected chi connectivity index (χ3v) is 3.66. The number of benzene rings is 1. The standard InChI is InChI=1S/C15H20ClFO2/c1-14(2)8-13(15(3,4)19-14)18-12-6-10(9-16)5-11(17)7-12/h5-7,13H,8-9H2,1-4H3. The lowest BCUT2D eigenvalue weighted by molar-refractivity contribution is -0.0846. The molecule has 2 rings (SSSR count). The van der Waals surface area contributed by atoms with Gasteiger partial charge in [0.15, 0.2) is 0 Å². The normalized spacial score (nSPS) is 24.4. The predicted octanol–water partition coefficient (Wildman–Crippen LogP) is 4.29. The maximum atomic E-state index is 13.5. The zero-order valence-electron chi connectivity index (χ0n) is 11.8. The van der Waals surface area contributed by atoms with Crippen LogP contribution in [0.4, 0.5) is 4.39 Å². The molecule has 19 heavy (non-hydrogen) atoms. The summed E-state index contributed by atoms with van der Waals surface area (Å²) in [5, 5.41) is 0. The first-order valence-corrected chi connectivity index (χ1v) is 6.97. The van der Waals surface area contributed by atoms with E-state index in [1.165, 1.54) is 12.1 Å². The summed E-state index contributed by atoms with van der Waals surface area (Å²) >= 11 is 5.74. The van der Waals surface area contributed by atoms with Gasteiger partial charge in [0.1, 0.15) is 23.3 Å². The van der Waals surface area contributed by atoms with Crippen LogP contribution in [0.3, 0.4) is 0 Å². The Kier molecular flexibility index (Phi) is 3.80. The molecule has 1 aliphatic heterocycles. The van der Waals surface area contributed by atoms with Gasteiger partial charge in [-0.25, -0.2) is 4.39 Å². The van der Waals surface area contributed by atoms with Crippen LogP contribution in [-0.2, 0) is 10.6 Å². The van der Waals surface area contributed by atoms with Gasteiger partial charge in [0.2, 0.25) is 0 Å². The minimum absolute atomic E-state index is 0.104. The molecular weight excluding hydrogens is 267 g/mol. The largest absolute Gasteiger partial charge is 0.487 e. The minimum atomic E-state index is -0.392. The highest BCUT2D eigenvalue weighted by Gasteiger charge is 2.47. The molecule has 2 nitrogen and oxygen atoms in total. The highest BCUT2D eigenvalue weighted by Crippen LogP contribution is 2.39. The molecule has 1 atom stereocenters. The van der Waals surface area contributed by atoms with E-state index in [9.17, 15) is 4.39 Å². The Morgan fingerprint density at radius 1 is 1.32 bits per heavy atom. The van der Waals surface area contributed by atoms with Crippen molar-refractivity contribution < 1.29 is 13.9 Å². The summed E-state index contributed by atoms with van der Waals surface area (Å²) in [4.78, 5) is 0. The summed E-state index contributed by atoms with van der Waals surface area (Å²) in [7, 11) is 0. The Balaban J connectivity index is 2.19. The molecule has 1 unspecified atom stereocenters. The summed E-state index contributed by atoms with van der Waals surface area (Å²) in [5.41, 5.74) is 0.0981. The van der Waals surface area contributed by atoms with Gasteiger partial charge >= 0.3 is 0 Å². The fourth-order valence-electron chi connectivity index (χ4n) is 2.63. The van der Waals surface area contributed by atoms with Gasteiger partial charge in [-0.3, -0.25) is 0 Å². The summed E-state index contributed by atoms with van der Waals surface area (Å²) in [5.74, 6) is 0.448. The maximum Gasteiger partial charge on any atom is 0.130 e. The maximum absolute atomic E-state index is 13.5. The summed E-state index contributed by atoms with van der Waals surface area (Å²) in [6.45, 7) is 8.06. The highest BCUT2D eigenvalue weighted by molar-refractivity contribution is 6.17. The average molecular weight is 287 g/mol. The number of alkyl halides is 1. The molecule has 1 saturated heterocycles. The highest BCUT2D eigenvalue weighted by atomic mass is 35.5. The van der Waals surface area contributed by atoms with Crippen molar-refractivity contribution >= 4 is 11.6 Å². The monoisotopic (exact) mass is 286 g/mol. The van der Waals surface area contributed by atoms with Crippen molar-refractivity contribution in [3.8, 4) is 5.75 Å². The van der Waals surface area contributed by atoms with Gasteiger partial charge in [0.25, 0.3) is 0 Å². The summed E-state index contributed by atoms with van der Waals surface area (Å²) < 4.78 is 25.4. The Morgan fingerprint density at radius 2 is 2.00 bits per heavy atom. The molecule has 1 heterocycles. The number of hydrogen-bond donors (Lipinski definition) is 0. The quantitative estimate of drug-likeness (QED) is 0.772. The minimum Gasteiger partial charge on any atom is -0.487 e. The molecule has 1 fully saturated rings. The van der Waals surface area contributed by atoms with E-state index in [2.05, 4.69) is 0 Å². The number of hydrogen-bond acceptors (Lipinski definition) is 2. The lowest BCUT2D eigenvalue weighted by atomic mass is 9.97. The molecule has 0 aliphatic carbocycles. The topological polar surface area (TPSA) is 18.5 Å². The Labute approximate surface area is 118 Å². The SMILES string of the molecule is CC1(C)CC(Oc2cc(F)cc(CCl)c2)C(C)(C)O1. The lowest BCUT2D eigenvalue weighted by Crippen LogP contribution is -2.36. The van der Waals surface area contributed by atoms with Gasteiger partial charge in [0.05, 0.1) is 5.60 Å². The van der Waals surface area contributed by atoms with Crippen molar-refractivity contribution in [3.63, 3.8) is 0 Å². The molecule has 1 aromatic rings. The fraction of sp³-hybridized carbons (Fsp3) is 0.600. The number of ether oxygens (including phenoxy) is 2. The second-order valence-corrected chi connectivity index (χ2v) is 6.47. The van der Waals surface area contributed by atoms with Crippen molar-refractivity contribution in [2.75, 3.05) is 0 Å². The molecule has 4 heteroatoms. The Bertz CT molecular complexity index is 471. The molecule has 0 radical (unpaired) electrons. The molecule has 1 aromatic carbocycles. The molecule has 0 aromatic heterocycles. The number of rotatable bonds is 3. The molecule has 0 spiro atoms. The number of halogens is 2. The van der Waals surface area contributed by atoms with Gasteiger partial charge in [-0.2, -0.15) is 0 Å². The average Bonchev–Trinajstić information content (AvgIpc) is 2.45. The van der Waals surface area contributed by atoms with Crippen LogP contribution in [0.1, 0.15) is 39.7 Å². The summed E-state index contributed by atoms with van der Waals surface area (Å²) in [6, 6.07) is 4.58. The molecule has 106 valence electrons. The first kappa shape index (κ1) is 14.6. The third kappa shape index (κ3) is 3.40. The molecule has 0 amide bonds. The van der Waals surface area contributed by atoms with E-state index in [0.29, 0.717) is 11.3 Å². The van der Waals surface area contributed by atoms with E-state index in [0.717, 1.165) is 6.42 Å². The van der Waals surface area contributed by atoms with E-state index in [1.807, 2.05) is 27.7 Å². The lowest BCUT2D eigenvalue weighted by Gasteiger charge is -2.27. The van der Waals surface area contributed by atoms with Crippen molar-refractivity contribution in [1.29, 1.82) is 0 Å². The fourth-order valence-corrected chi connectivity index (χ4v) is 2.78. The van der Waals surface area contributed by atoms with Crippen LogP contribution in [0.2, 0.25) is 0 Å². The first-order valence-electron chi connectivity index (χ1n) is 6.44. The predicted molar refractivity (Wildman–Crippen MR) is 74.2 cm³/mol. The van der Waals surface area contributed by atoms with Crippen LogP contribution in [0.15, 0.2) is 18.2 Å². The van der Waals surface area contributed by atoms with Crippen LogP contribution >= 0.6 is 11.6 Å². The van der Waals surface area contributed by atoms with Gasteiger partial charge in [0, 0.05) is 18.4 Å². The van der Waals surface area contributed by atoms with Crippen LogP contribution in [0.25, 0.3) is 0 Å². The van der Waals surface area contributed by atoms with E-state index < -0.39 is 5.60 Å². The zero-order valence-corrected chi connectivity index (χ0v) is 12.6. The van der Waals surface area contributed by atoms with Gasteiger partial charge in [-0.1, -0.05) is 0 Å².